The summed E-state index contributed by atoms with van der Waals surface area (Å²) in [7, 11) is 0. The lowest BCUT2D eigenvalue weighted by Gasteiger charge is -2.11. The van der Waals surface area contributed by atoms with E-state index in [-0.39, 0.29) is 11.7 Å². The van der Waals surface area contributed by atoms with Gasteiger partial charge >= 0.3 is 6.61 Å². The Morgan fingerprint density at radius 2 is 2.11 bits per heavy atom. The van der Waals surface area contributed by atoms with Gasteiger partial charge in [-0.05, 0) is 37.1 Å². The van der Waals surface area contributed by atoms with Crippen molar-refractivity contribution in [2.75, 3.05) is 11.9 Å². The molecule has 0 spiro atoms. The van der Waals surface area contributed by atoms with Crippen LogP contribution in [0.15, 0.2) is 24.3 Å². The topological polar surface area (TPSA) is 47.6 Å². The second-order valence-corrected chi connectivity index (χ2v) is 3.89. The van der Waals surface area contributed by atoms with E-state index in [0.717, 1.165) is 6.42 Å². The van der Waals surface area contributed by atoms with Crippen molar-refractivity contribution in [1.29, 1.82) is 0 Å². The fourth-order valence-electron chi connectivity index (χ4n) is 1.73. The van der Waals surface area contributed by atoms with Gasteiger partial charge in [0.15, 0.2) is 0 Å². The fraction of sp³-hybridized carbons (Fsp3) is 0.417. The average molecular weight is 257 g/mol. The Bertz CT molecular complexity index is 402. The highest BCUT2D eigenvalue weighted by molar-refractivity contribution is 5.94. The van der Waals surface area contributed by atoms with Crippen molar-refractivity contribution < 1.29 is 23.0 Å². The second kappa shape index (κ2) is 5.77. The first-order valence-corrected chi connectivity index (χ1v) is 5.62. The van der Waals surface area contributed by atoms with Crippen LogP contribution in [0.5, 0.6) is 5.75 Å². The third kappa shape index (κ3) is 3.40. The number of anilines is 1. The molecule has 1 saturated heterocycles. The van der Waals surface area contributed by atoms with Gasteiger partial charge in [0.25, 0.3) is 5.91 Å². The van der Waals surface area contributed by atoms with Gasteiger partial charge in [-0.1, -0.05) is 0 Å². The van der Waals surface area contributed by atoms with Crippen LogP contribution in [-0.2, 0) is 9.53 Å². The molecule has 1 fully saturated rings. The van der Waals surface area contributed by atoms with Crippen LogP contribution < -0.4 is 10.1 Å². The minimum Gasteiger partial charge on any atom is -0.435 e. The van der Waals surface area contributed by atoms with E-state index in [1.165, 1.54) is 24.3 Å². The number of carbonyl (C=O) groups is 1. The normalized spacial score (nSPS) is 18.9. The average Bonchev–Trinajstić information content (AvgIpc) is 2.84. The number of nitrogens with one attached hydrogen (secondary N) is 1. The van der Waals surface area contributed by atoms with Crippen molar-refractivity contribution >= 4 is 11.6 Å². The molecule has 4 nitrogen and oxygen atoms in total. The van der Waals surface area contributed by atoms with Crippen LogP contribution in [0.2, 0.25) is 0 Å². The maximum absolute atomic E-state index is 11.9. The van der Waals surface area contributed by atoms with Gasteiger partial charge in [-0.2, -0.15) is 8.78 Å². The molecule has 1 aromatic rings. The summed E-state index contributed by atoms with van der Waals surface area (Å²) in [6.45, 7) is -2.25. The van der Waals surface area contributed by atoms with E-state index >= 15 is 0 Å². The van der Waals surface area contributed by atoms with Crippen molar-refractivity contribution in [3.63, 3.8) is 0 Å². The number of benzene rings is 1. The van der Waals surface area contributed by atoms with Gasteiger partial charge < -0.3 is 14.8 Å². The molecule has 1 N–H and O–H groups in total. The molecular formula is C12H13F2NO3. The van der Waals surface area contributed by atoms with E-state index in [2.05, 4.69) is 10.1 Å². The van der Waals surface area contributed by atoms with E-state index in [4.69, 9.17) is 4.74 Å². The molecule has 1 aliphatic heterocycles. The molecule has 1 aromatic carbocycles. The van der Waals surface area contributed by atoms with Gasteiger partial charge in [-0.15, -0.1) is 0 Å². The van der Waals surface area contributed by atoms with Crippen molar-refractivity contribution in [3.05, 3.63) is 24.3 Å². The van der Waals surface area contributed by atoms with Crippen LogP contribution in [0.4, 0.5) is 14.5 Å². The summed E-state index contributed by atoms with van der Waals surface area (Å²) in [5, 5.41) is 2.66. The van der Waals surface area contributed by atoms with Crippen LogP contribution in [0, 0.1) is 0 Å². The molecule has 0 unspecified atom stereocenters. The Kier molecular flexibility index (Phi) is 4.09. The highest BCUT2D eigenvalue weighted by Crippen LogP contribution is 2.19. The first kappa shape index (κ1) is 12.8. The van der Waals surface area contributed by atoms with Gasteiger partial charge in [-0.25, -0.2) is 0 Å². The summed E-state index contributed by atoms with van der Waals surface area (Å²) >= 11 is 0. The maximum atomic E-state index is 11.9. The predicted octanol–water partition coefficient (Wildman–Crippen LogP) is 2.41. The quantitative estimate of drug-likeness (QED) is 0.901. The van der Waals surface area contributed by atoms with Crippen LogP contribution >= 0.6 is 0 Å². The molecule has 98 valence electrons. The highest BCUT2D eigenvalue weighted by atomic mass is 19.3. The summed E-state index contributed by atoms with van der Waals surface area (Å²) in [5.41, 5.74) is 0.525. The van der Waals surface area contributed by atoms with E-state index in [9.17, 15) is 13.6 Å². The maximum Gasteiger partial charge on any atom is 0.387 e. The number of halogens is 2. The first-order chi connectivity index (χ1) is 8.65. The minimum absolute atomic E-state index is 0.0557. The SMILES string of the molecule is O=C(Nc1ccc(OC(F)F)cc1)[C@H]1CCCO1. The number of amides is 1. The molecular weight excluding hydrogens is 244 g/mol. The van der Waals surface area contributed by atoms with E-state index in [1.54, 1.807) is 0 Å². The molecule has 0 radical (unpaired) electrons. The van der Waals surface area contributed by atoms with Gasteiger partial charge in [0.05, 0.1) is 0 Å². The van der Waals surface area contributed by atoms with Crippen LogP contribution in [-0.4, -0.2) is 25.2 Å². The zero-order valence-corrected chi connectivity index (χ0v) is 9.57. The van der Waals surface area contributed by atoms with Crippen molar-refractivity contribution in [2.24, 2.45) is 0 Å². The lowest BCUT2D eigenvalue weighted by atomic mass is 10.2. The molecule has 1 aliphatic rings. The van der Waals surface area contributed by atoms with Crippen molar-refractivity contribution in [1.82, 2.24) is 0 Å². The summed E-state index contributed by atoms with van der Waals surface area (Å²) < 4.78 is 33.3. The molecule has 0 aliphatic carbocycles. The van der Waals surface area contributed by atoms with Crippen molar-refractivity contribution in [3.8, 4) is 5.75 Å². The molecule has 6 heteroatoms. The number of alkyl halides is 2. The Morgan fingerprint density at radius 3 is 2.67 bits per heavy atom. The first-order valence-electron chi connectivity index (χ1n) is 5.62. The Balaban J connectivity index is 1.91. The van der Waals surface area contributed by atoms with Crippen molar-refractivity contribution in [2.45, 2.75) is 25.6 Å². The molecule has 18 heavy (non-hydrogen) atoms. The zero-order chi connectivity index (χ0) is 13.0. The van der Waals surface area contributed by atoms with Crippen LogP contribution in [0.3, 0.4) is 0 Å². The summed E-state index contributed by atoms with van der Waals surface area (Å²) in [6.07, 6.45) is 1.17. The third-order valence-corrected chi connectivity index (χ3v) is 2.57. The summed E-state index contributed by atoms with van der Waals surface area (Å²) in [4.78, 5) is 11.7. The summed E-state index contributed by atoms with van der Waals surface area (Å²) in [6, 6.07) is 5.75. The highest BCUT2D eigenvalue weighted by Gasteiger charge is 2.23. The van der Waals surface area contributed by atoms with Gasteiger partial charge in [0.1, 0.15) is 11.9 Å². The lowest BCUT2D eigenvalue weighted by Crippen LogP contribution is -2.26. The largest absolute Gasteiger partial charge is 0.435 e. The molecule has 0 saturated carbocycles. The Labute approximate surface area is 103 Å². The van der Waals surface area contributed by atoms with Gasteiger partial charge in [0.2, 0.25) is 0 Å². The molecule has 0 bridgehead atoms. The number of hydrogen-bond acceptors (Lipinski definition) is 3. The number of rotatable bonds is 4. The minimum atomic E-state index is -2.85. The van der Waals surface area contributed by atoms with Crippen LogP contribution in [0.1, 0.15) is 12.8 Å². The predicted molar refractivity (Wildman–Crippen MR) is 60.7 cm³/mol. The molecule has 1 atom stereocenters. The summed E-state index contributed by atoms with van der Waals surface area (Å²) in [5.74, 6) is -0.157. The monoisotopic (exact) mass is 257 g/mol. The number of ether oxygens (including phenoxy) is 2. The third-order valence-electron chi connectivity index (χ3n) is 2.57. The molecule has 1 amide bonds. The molecule has 2 rings (SSSR count). The van der Waals surface area contributed by atoms with E-state index in [0.29, 0.717) is 18.7 Å². The van der Waals surface area contributed by atoms with Gasteiger partial charge in [-0.3, -0.25) is 4.79 Å². The fourth-order valence-corrected chi connectivity index (χ4v) is 1.73. The molecule has 1 heterocycles. The van der Waals surface area contributed by atoms with E-state index in [1.807, 2.05) is 0 Å². The Morgan fingerprint density at radius 1 is 1.39 bits per heavy atom. The smallest absolute Gasteiger partial charge is 0.387 e. The number of carbonyl (C=O) groups excluding carboxylic acids is 1. The Hall–Kier alpha value is -1.69. The van der Waals surface area contributed by atoms with Crippen LogP contribution in [0.25, 0.3) is 0 Å². The zero-order valence-electron chi connectivity index (χ0n) is 9.57. The van der Waals surface area contributed by atoms with Gasteiger partial charge in [0, 0.05) is 12.3 Å². The number of hydrogen-bond donors (Lipinski definition) is 1. The second-order valence-electron chi connectivity index (χ2n) is 3.89. The molecule has 0 aromatic heterocycles. The lowest BCUT2D eigenvalue weighted by molar-refractivity contribution is -0.124. The van der Waals surface area contributed by atoms with E-state index < -0.39 is 12.7 Å². The standard InChI is InChI=1S/C12H13F2NO3/c13-12(14)18-9-5-3-8(4-6-9)15-11(16)10-2-1-7-17-10/h3-6,10,12H,1-2,7H2,(H,15,16)/t10-/m1/s1.